The summed E-state index contributed by atoms with van der Waals surface area (Å²) >= 11 is 0. The normalized spacial score (nSPS) is 30.8. The molecular formula is C16H20O9. The Labute approximate surface area is 143 Å². The smallest absolute Gasteiger partial charge is 0.339 e. The third-order valence-electron chi connectivity index (χ3n) is 4.48. The Balaban J connectivity index is 2.20. The van der Waals surface area contributed by atoms with Gasteiger partial charge in [-0.3, -0.25) is 0 Å². The quantitative estimate of drug-likeness (QED) is 0.607. The molecule has 138 valence electrons. The molecule has 0 aromatic heterocycles. The largest absolute Gasteiger partial charge is 0.493 e. The van der Waals surface area contributed by atoms with E-state index < -0.39 is 43.1 Å². The number of carbonyl (C=O) groups is 1. The molecule has 1 fully saturated rings. The molecule has 0 amide bonds. The van der Waals surface area contributed by atoms with E-state index in [4.69, 9.17) is 23.7 Å². The molecule has 9 heteroatoms. The van der Waals surface area contributed by atoms with Crippen LogP contribution in [0.1, 0.15) is 22.0 Å². The van der Waals surface area contributed by atoms with Crippen molar-refractivity contribution >= 4 is 5.97 Å². The van der Waals surface area contributed by atoms with Gasteiger partial charge in [-0.05, 0) is 6.07 Å². The summed E-state index contributed by atoms with van der Waals surface area (Å²) in [5.74, 6) is 0.00198. The van der Waals surface area contributed by atoms with Crippen LogP contribution in [0.15, 0.2) is 6.07 Å². The van der Waals surface area contributed by atoms with E-state index in [2.05, 4.69) is 0 Å². The molecule has 2 aliphatic rings. The Morgan fingerprint density at radius 1 is 1.08 bits per heavy atom. The molecule has 2 aliphatic heterocycles. The van der Waals surface area contributed by atoms with Gasteiger partial charge in [0.2, 0.25) is 5.75 Å². The van der Waals surface area contributed by atoms with Gasteiger partial charge in [0.05, 0.1) is 33.5 Å². The van der Waals surface area contributed by atoms with Gasteiger partial charge in [0.15, 0.2) is 17.6 Å². The minimum absolute atomic E-state index is 0.135. The van der Waals surface area contributed by atoms with Crippen molar-refractivity contribution in [2.45, 2.75) is 30.5 Å². The Morgan fingerprint density at radius 3 is 2.32 bits per heavy atom. The SMILES string of the molecule is COc1cc2c(c(OC)c1OC)[C@@H]1O[C@@H](CO)[C@H](O)[C@@H](O)[C@@H]1OC2=O. The first-order valence-corrected chi connectivity index (χ1v) is 7.64. The summed E-state index contributed by atoms with van der Waals surface area (Å²) in [5.41, 5.74) is 0.446. The Morgan fingerprint density at radius 2 is 1.76 bits per heavy atom. The van der Waals surface area contributed by atoms with Crippen LogP contribution in [0.4, 0.5) is 0 Å². The van der Waals surface area contributed by atoms with E-state index in [1.54, 1.807) is 0 Å². The van der Waals surface area contributed by atoms with Gasteiger partial charge in [-0.25, -0.2) is 4.79 Å². The minimum atomic E-state index is -1.43. The van der Waals surface area contributed by atoms with E-state index in [-0.39, 0.29) is 22.8 Å². The molecule has 3 N–H and O–H groups in total. The number of ether oxygens (including phenoxy) is 5. The van der Waals surface area contributed by atoms with Gasteiger partial charge in [0, 0.05) is 5.56 Å². The molecule has 1 aromatic carbocycles. The van der Waals surface area contributed by atoms with Gasteiger partial charge in [-0.15, -0.1) is 0 Å². The van der Waals surface area contributed by atoms with Crippen molar-refractivity contribution in [1.29, 1.82) is 0 Å². The molecule has 1 saturated heterocycles. The first kappa shape index (κ1) is 17.7. The highest BCUT2D eigenvalue weighted by atomic mass is 16.6. The van der Waals surface area contributed by atoms with E-state index in [0.717, 1.165) is 0 Å². The highest BCUT2D eigenvalue weighted by Gasteiger charge is 2.52. The average Bonchev–Trinajstić information content (AvgIpc) is 2.63. The standard InChI is InChI=1S/C16H20O9/c1-21-7-4-6-9(13(23-3)12(7)22-2)14-15(25-16(6)20)11(19)10(18)8(5-17)24-14/h4,8,10-11,14-15,17-19H,5H2,1-3H3/t8-,10-,11+,14-,15-/m0/s1. The molecular weight excluding hydrogens is 336 g/mol. The van der Waals surface area contributed by atoms with E-state index in [1.165, 1.54) is 27.4 Å². The molecule has 0 bridgehead atoms. The summed E-state index contributed by atoms with van der Waals surface area (Å²) in [5, 5.41) is 29.7. The summed E-state index contributed by atoms with van der Waals surface area (Å²) in [6.07, 6.45) is -5.96. The van der Waals surface area contributed by atoms with Gasteiger partial charge in [-0.1, -0.05) is 0 Å². The van der Waals surface area contributed by atoms with Gasteiger partial charge in [-0.2, -0.15) is 0 Å². The van der Waals surface area contributed by atoms with Crippen LogP contribution in [0.3, 0.4) is 0 Å². The molecule has 5 atom stereocenters. The topological polar surface area (TPSA) is 124 Å². The Kier molecular flexibility index (Phi) is 4.74. The zero-order valence-electron chi connectivity index (χ0n) is 14.0. The maximum Gasteiger partial charge on any atom is 0.339 e. The number of hydrogen-bond donors (Lipinski definition) is 3. The molecule has 0 spiro atoms. The predicted molar refractivity (Wildman–Crippen MR) is 82.0 cm³/mol. The molecule has 0 radical (unpaired) electrons. The van der Waals surface area contributed by atoms with Crippen molar-refractivity contribution in [3.63, 3.8) is 0 Å². The summed E-state index contributed by atoms with van der Waals surface area (Å²) in [4.78, 5) is 12.4. The second-order valence-corrected chi connectivity index (χ2v) is 5.74. The van der Waals surface area contributed by atoms with Crippen molar-refractivity contribution in [1.82, 2.24) is 0 Å². The number of rotatable bonds is 4. The summed E-state index contributed by atoms with van der Waals surface area (Å²) in [7, 11) is 4.23. The van der Waals surface area contributed by atoms with E-state index in [1.807, 2.05) is 0 Å². The average molecular weight is 356 g/mol. The van der Waals surface area contributed by atoms with Crippen molar-refractivity contribution in [3.05, 3.63) is 17.2 Å². The minimum Gasteiger partial charge on any atom is -0.493 e. The fourth-order valence-electron chi connectivity index (χ4n) is 3.27. The number of methoxy groups -OCH3 is 3. The molecule has 0 aliphatic carbocycles. The van der Waals surface area contributed by atoms with Crippen LogP contribution in [0, 0.1) is 0 Å². The van der Waals surface area contributed by atoms with Crippen LogP contribution >= 0.6 is 0 Å². The highest BCUT2D eigenvalue weighted by Crippen LogP contribution is 2.50. The summed E-state index contributed by atoms with van der Waals surface area (Å²) < 4.78 is 26.9. The van der Waals surface area contributed by atoms with Crippen LogP contribution < -0.4 is 14.2 Å². The number of aliphatic hydroxyl groups excluding tert-OH is 3. The fraction of sp³-hybridized carbons (Fsp3) is 0.562. The van der Waals surface area contributed by atoms with E-state index in [9.17, 15) is 20.1 Å². The molecule has 1 aromatic rings. The van der Waals surface area contributed by atoms with E-state index in [0.29, 0.717) is 5.56 Å². The van der Waals surface area contributed by atoms with Crippen molar-refractivity contribution in [3.8, 4) is 17.2 Å². The molecule has 3 rings (SSSR count). The number of fused-ring (bicyclic) bond motifs is 3. The lowest BCUT2D eigenvalue weighted by Crippen LogP contribution is -2.58. The number of esters is 1. The molecule has 0 unspecified atom stereocenters. The highest BCUT2D eigenvalue weighted by molar-refractivity contribution is 5.95. The van der Waals surface area contributed by atoms with Gasteiger partial charge < -0.3 is 39.0 Å². The van der Waals surface area contributed by atoms with Crippen molar-refractivity contribution < 1.29 is 43.8 Å². The number of hydrogen-bond acceptors (Lipinski definition) is 9. The third kappa shape index (κ3) is 2.60. The molecule has 0 saturated carbocycles. The number of benzene rings is 1. The fourth-order valence-corrected chi connectivity index (χ4v) is 3.27. The predicted octanol–water partition coefficient (Wildman–Crippen LogP) is -0.595. The van der Waals surface area contributed by atoms with E-state index >= 15 is 0 Å². The number of carbonyl (C=O) groups excluding carboxylic acids is 1. The zero-order valence-corrected chi connectivity index (χ0v) is 14.0. The lowest BCUT2D eigenvalue weighted by atomic mass is 9.86. The van der Waals surface area contributed by atoms with Crippen LogP contribution in [0.25, 0.3) is 0 Å². The third-order valence-corrected chi connectivity index (χ3v) is 4.48. The zero-order chi connectivity index (χ0) is 18.3. The maximum absolute atomic E-state index is 12.4. The van der Waals surface area contributed by atoms with Crippen molar-refractivity contribution in [2.24, 2.45) is 0 Å². The van der Waals surface area contributed by atoms with Crippen LogP contribution in [0.5, 0.6) is 17.2 Å². The summed E-state index contributed by atoms with van der Waals surface area (Å²) in [6.45, 7) is -0.514. The Hall–Kier alpha value is -2.07. The van der Waals surface area contributed by atoms with Gasteiger partial charge in [0.1, 0.15) is 24.4 Å². The lowest BCUT2D eigenvalue weighted by Gasteiger charge is -2.44. The Bertz CT molecular complexity index is 674. The molecule has 9 nitrogen and oxygen atoms in total. The first-order valence-electron chi connectivity index (χ1n) is 7.64. The van der Waals surface area contributed by atoms with Gasteiger partial charge >= 0.3 is 5.97 Å². The summed E-state index contributed by atoms with van der Waals surface area (Å²) in [6, 6.07) is 1.43. The second kappa shape index (κ2) is 6.68. The van der Waals surface area contributed by atoms with Crippen LogP contribution in [0.2, 0.25) is 0 Å². The first-order chi connectivity index (χ1) is 12.0. The maximum atomic E-state index is 12.4. The second-order valence-electron chi connectivity index (χ2n) is 5.74. The molecule has 2 heterocycles. The molecule has 25 heavy (non-hydrogen) atoms. The van der Waals surface area contributed by atoms with Crippen molar-refractivity contribution in [2.75, 3.05) is 27.9 Å². The van der Waals surface area contributed by atoms with Crippen LogP contribution in [-0.2, 0) is 9.47 Å². The van der Waals surface area contributed by atoms with Gasteiger partial charge in [0.25, 0.3) is 0 Å². The van der Waals surface area contributed by atoms with Crippen LogP contribution in [-0.4, -0.2) is 73.6 Å². The monoisotopic (exact) mass is 356 g/mol. The number of aliphatic hydroxyl groups is 3. The lowest BCUT2D eigenvalue weighted by molar-refractivity contribution is -0.235.